The first kappa shape index (κ1) is 8.02. The molecule has 12 atom stereocenters. The van der Waals surface area contributed by atoms with Crippen molar-refractivity contribution in [2.45, 2.75) is 104 Å². The van der Waals surface area contributed by atoms with Gasteiger partial charge in [-0.3, -0.25) is 0 Å². The van der Waals surface area contributed by atoms with Crippen molar-refractivity contribution in [3.8, 4) is 0 Å². The summed E-state index contributed by atoms with van der Waals surface area (Å²) in [6.45, 7) is 5.65. The molecule has 0 heteroatoms. The molecule has 124 valence electrons. The van der Waals surface area contributed by atoms with Crippen molar-refractivity contribution in [1.82, 2.24) is 0 Å². The topological polar surface area (TPSA) is 0 Å². The van der Waals surface area contributed by atoms with Gasteiger partial charge in [0.25, 0.3) is 0 Å². The smallest absolute Gasteiger partial charge is 0.0310 e. The van der Waals surface area contributed by atoms with E-state index < -0.39 is 57.6 Å². The maximum absolute atomic E-state index is 7.52. The average Bonchev–Trinajstić information content (AvgIpc) is 2.78. The average molecular weight is 315 g/mol. The second-order valence-electron chi connectivity index (χ2n) is 5.82. The lowest BCUT2D eigenvalue weighted by molar-refractivity contribution is 0.385. The minimum absolute atomic E-state index is 0.143. The van der Waals surface area contributed by atoms with Crippen LogP contribution in [0, 0.1) is 17.8 Å². The molecule has 0 aromatic heterocycles. The first-order chi connectivity index (χ1) is 14.7. The first-order valence-corrected chi connectivity index (χ1v) is 8.05. The molecule has 2 fully saturated rings. The van der Waals surface area contributed by atoms with Crippen LogP contribution in [0.5, 0.6) is 0 Å². The van der Waals surface area contributed by atoms with Gasteiger partial charge in [-0.2, -0.15) is 0 Å². The summed E-state index contributed by atoms with van der Waals surface area (Å²) in [5.74, 6) is 0.213. The van der Waals surface area contributed by atoms with Crippen LogP contribution in [0.4, 0.5) is 0 Å². The first-order valence-electron chi connectivity index (χ1n) is 14.4. The molecule has 3 rings (SSSR count). The van der Waals surface area contributed by atoms with Gasteiger partial charge in [-0.05, 0) is 36.9 Å². The van der Waals surface area contributed by atoms with Crippen molar-refractivity contribution < 1.29 is 15.1 Å². The van der Waals surface area contributed by atoms with Crippen LogP contribution in [0.15, 0.2) is 12.2 Å². The summed E-state index contributed by atoms with van der Waals surface area (Å²) in [7, 11) is 0. The maximum atomic E-state index is 7.52. The molecular formula is C21H40. The van der Waals surface area contributed by atoms with Gasteiger partial charge in [0.05, 0.1) is 0 Å². The quantitative estimate of drug-likeness (QED) is 0.405. The number of allylic oxidation sites excluding steroid dienone is 2. The third kappa shape index (κ3) is 11.0. The highest BCUT2D eigenvalue weighted by Gasteiger charge is 2.06. The third-order valence-electron chi connectivity index (χ3n) is 3.47. The van der Waals surface area contributed by atoms with Gasteiger partial charge in [-0.25, -0.2) is 0 Å². The highest BCUT2D eigenvalue weighted by atomic mass is 14.1. The van der Waals surface area contributed by atoms with Crippen LogP contribution < -0.4 is 0 Å². The zero-order valence-electron chi connectivity index (χ0n) is 24.7. The van der Waals surface area contributed by atoms with Crippen molar-refractivity contribution in [2.24, 2.45) is 17.8 Å². The maximum Gasteiger partial charge on any atom is 0.0310 e. The second kappa shape index (κ2) is 12.3. The minimum Gasteiger partial charge on any atom is -0.0883 e. The van der Waals surface area contributed by atoms with Crippen LogP contribution in [0.3, 0.4) is 0 Å². The van der Waals surface area contributed by atoms with E-state index in [2.05, 4.69) is 0 Å². The molecule has 21 heavy (non-hydrogen) atoms. The SMILES string of the molecule is [3H]C1C([3H])C([3H])C(C)C([3H])C1[3H].[3H]C1C=CC(C)C([3H])C1[3H].[3H]C1CCC(C)C([3H])C1[3H]. The zero-order valence-corrected chi connectivity index (χ0v) is 13.7. The van der Waals surface area contributed by atoms with Crippen LogP contribution in [-0.4, -0.2) is 0 Å². The molecule has 2 saturated carbocycles. The molecule has 0 nitrogen and oxygen atoms in total. The lowest BCUT2D eigenvalue weighted by atomic mass is 9.91. The molecule has 0 aromatic carbocycles. The van der Waals surface area contributed by atoms with Gasteiger partial charge in [0.1, 0.15) is 0 Å². The van der Waals surface area contributed by atoms with Crippen LogP contribution >= 0.6 is 0 Å². The fourth-order valence-electron chi connectivity index (χ4n) is 2.03. The Kier molecular flexibility index (Phi) is 4.70. The molecule has 0 spiro atoms. The van der Waals surface area contributed by atoms with E-state index in [0.717, 1.165) is 12.8 Å². The van der Waals surface area contributed by atoms with Gasteiger partial charge in [0, 0.05) is 15.1 Å². The summed E-state index contributed by atoms with van der Waals surface area (Å²) in [4.78, 5) is 0. The van der Waals surface area contributed by atoms with Crippen molar-refractivity contribution >= 4 is 0 Å². The van der Waals surface area contributed by atoms with Crippen LogP contribution in [0.1, 0.15) is 119 Å². The largest absolute Gasteiger partial charge is 0.0883 e. The zero-order chi connectivity index (χ0) is 24.9. The third-order valence-corrected chi connectivity index (χ3v) is 3.47. The van der Waals surface area contributed by atoms with Crippen LogP contribution in [0.25, 0.3) is 0 Å². The molecule has 3 aliphatic carbocycles. The lowest BCUT2D eigenvalue weighted by Gasteiger charge is -2.15. The normalized spacial score (nSPS) is 78.3. The van der Waals surface area contributed by atoms with E-state index in [0.29, 0.717) is 5.92 Å². The number of hydrogen-bond acceptors (Lipinski definition) is 0. The van der Waals surface area contributed by atoms with Gasteiger partial charge >= 0.3 is 0 Å². The Hall–Kier alpha value is -0.260. The Bertz CT molecular complexity index is 487. The lowest BCUT2D eigenvalue weighted by Crippen LogP contribution is -1.99. The Morgan fingerprint density at radius 1 is 0.762 bits per heavy atom. The Morgan fingerprint density at radius 2 is 1.43 bits per heavy atom. The Labute approximate surface area is 150 Å². The Balaban J connectivity index is 0.000000241. The van der Waals surface area contributed by atoms with Gasteiger partial charge in [0.2, 0.25) is 0 Å². The molecule has 12 unspecified atom stereocenters. The van der Waals surface area contributed by atoms with Crippen molar-refractivity contribution in [2.75, 3.05) is 0 Å². The van der Waals surface area contributed by atoms with E-state index in [1.807, 2.05) is 19.9 Å². The summed E-state index contributed by atoms with van der Waals surface area (Å²) in [5.41, 5.74) is 0. The predicted octanol–water partition coefficient (Wildman–Crippen LogP) is 7.54. The molecule has 0 N–H and O–H groups in total. The summed E-state index contributed by atoms with van der Waals surface area (Å²) < 4.78 is 81.9. The molecule has 0 radical (unpaired) electrons. The van der Waals surface area contributed by atoms with E-state index in [1.165, 1.54) is 0 Å². The standard InChI is InChI=1S/2C7H14.C7H12/c3*1-7-5-3-2-4-6-7/h2*7H,2-6H2,1H3;3,5,7H,2,4,6H2,1H3/i2T,3T,4T,5T,6T;2T,3T,5T;2T,4T,6T. The summed E-state index contributed by atoms with van der Waals surface area (Å²) in [5, 5.41) is 0. The summed E-state index contributed by atoms with van der Waals surface area (Å²) >= 11 is 0. The highest BCUT2D eigenvalue weighted by Crippen LogP contribution is 2.22. The highest BCUT2D eigenvalue weighted by molar-refractivity contribution is 4.90. The monoisotopic (exact) mass is 314 g/mol. The fourth-order valence-corrected chi connectivity index (χ4v) is 2.03. The molecular weight excluding hydrogens is 252 g/mol. The van der Waals surface area contributed by atoms with Gasteiger partial charge < -0.3 is 0 Å². The molecule has 0 aliphatic heterocycles. The fraction of sp³-hybridized carbons (Fsp3) is 0.905. The predicted molar refractivity (Wildman–Crippen MR) is 96.7 cm³/mol. The van der Waals surface area contributed by atoms with Crippen molar-refractivity contribution in [3.63, 3.8) is 0 Å². The summed E-state index contributed by atoms with van der Waals surface area (Å²) in [6, 6.07) is 0. The molecule has 3 aliphatic rings. The molecule has 0 amide bonds. The van der Waals surface area contributed by atoms with Gasteiger partial charge in [-0.15, -0.1) is 0 Å². The van der Waals surface area contributed by atoms with Crippen molar-refractivity contribution in [1.29, 1.82) is 0 Å². The van der Waals surface area contributed by atoms with E-state index in [1.54, 1.807) is 13.0 Å². The van der Waals surface area contributed by atoms with E-state index in [4.69, 9.17) is 15.1 Å². The minimum atomic E-state index is -0.883. The molecule has 0 saturated heterocycles. The van der Waals surface area contributed by atoms with Crippen LogP contribution in [0.2, 0.25) is 0 Å². The summed E-state index contributed by atoms with van der Waals surface area (Å²) in [6.07, 6.45) is -1.06. The van der Waals surface area contributed by atoms with Crippen LogP contribution in [-0.2, 0) is 0 Å². The number of hydrogen-bond donors (Lipinski definition) is 0. The molecule has 0 bridgehead atoms. The van der Waals surface area contributed by atoms with Crippen molar-refractivity contribution in [3.05, 3.63) is 12.2 Å². The molecule has 0 aromatic rings. The van der Waals surface area contributed by atoms with E-state index in [-0.39, 0.29) is 24.6 Å². The molecule has 0 heterocycles. The number of rotatable bonds is 0. The Morgan fingerprint density at radius 3 is 2.10 bits per heavy atom. The van der Waals surface area contributed by atoms with E-state index >= 15 is 0 Å². The van der Waals surface area contributed by atoms with Gasteiger partial charge in [0.15, 0.2) is 0 Å². The van der Waals surface area contributed by atoms with E-state index in [9.17, 15) is 0 Å². The van der Waals surface area contributed by atoms with Gasteiger partial charge in [-0.1, -0.05) is 96.9 Å². The second-order valence-corrected chi connectivity index (χ2v) is 5.82.